The number of aliphatic hydroxyl groups excluding tert-OH is 4. The fourth-order valence-corrected chi connectivity index (χ4v) is 3.38. The van der Waals surface area contributed by atoms with Crippen molar-refractivity contribution in [1.29, 1.82) is 0 Å². The smallest absolute Gasteiger partial charge is 0.229 e. The summed E-state index contributed by atoms with van der Waals surface area (Å²) in [7, 11) is 0. The van der Waals surface area contributed by atoms with Gasteiger partial charge in [-0.3, -0.25) is 4.79 Å². The van der Waals surface area contributed by atoms with Gasteiger partial charge in [0.25, 0.3) is 0 Å². The van der Waals surface area contributed by atoms with Crippen molar-refractivity contribution in [3.05, 3.63) is 52.7 Å². The molecule has 3 aromatic rings. The summed E-state index contributed by atoms with van der Waals surface area (Å²) < 4.78 is 16.5. The summed E-state index contributed by atoms with van der Waals surface area (Å²) in [5, 5.41) is 58.8. The van der Waals surface area contributed by atoms with Gasteiger partial charge in [0.05, 0.1) is 6.61 Å². The zero-order chi connectivity index (χ0) is 22.3. The number of aromatic hydroxyl groups is 2. The zero-order valence-electron chi connectivity index (χ0n) is 16.0. The average Bonchev–Trinajstić information content (AvgIpc) is 2.74. The maximum Gasteiger partial charge on any atom is 0.229 e. The number of hydrogen-bond donors (Lipinski definition) is 6. The summed E-state index contributed by atoms with van der Waals surface area (Å²) in [5.74, 6) is -0.273. The molecule has 6 N–H and O–H groups in total. The molecule has 1 aliphatic rings. The van der Waals surface area contributed by atoms with Gasteiger partial charge in [-0.25, -0.2) is 0 Å². The van der Waals surface area contributed by atoms with E-state index >= 15 is 0 Å². The summed E-state index contributed by atoms with van der Waals surface area (Å²) in [5.41, 5.74) is -0.0204. The van der Waals surface area contributed by atoms with Crippen LogP contribution in [0.1, 0.15) is 0 Å². The standard InChI is InChI=1S/C21H20O10/c22-8-16-18(26)19(27)20(28)21(31-16)29-11-5-12(24)17-13(25)7-14(30-15(17)6-11)9-1-3-10(23)4-2-9/h1-7,16,18-24,26-28H,8H2/t16-,18-,19+,20-,21+/m0/s1. The van der Waals surface area contributed by atoms with Crippen LogP contribution in [-0.2, 0) is 4.74 Å². The summed E-state index contributed by atoms with van der Waals surface area (Å²) in [4.78, 5) is 12.5. The largest absolute Gasteiger partial charge is 0.508 e. The number of ether oxygens (including phenoxy) is 2. The topological polar surface area (TPSA) is 170 Å². The molecule has 0 aliphatic carbocycles. The van der Waals surface area contributed by atoms with Crippen molar-refractivity contribution in [2.24, 2.45) is 0 Å². The van der Waals surface area contributed by atoms with Crippen LogP contribution in [0, 0.1) is 0 Å². The van der Waals surface area contributed by atoms with Crippen molar-refractivity contribution in [2.75, 3.05) is 6.61 Å². The Morgan fingerprint density at radius 2 is 1.65 bits per heavy atom. The van der Waals surface area contributed by atoms with Gasteiger partial charge in [-0.15, -0.1) is 0 Å². The Hall–Kier alpha value is -3.15. The molecule has 31 heavy (non-hydrogen) atoms. The highest BCUT2D eigenvalue weighted by molar-refractivity contribution is 5.86. The number of fused-ring (bicyclic) bond motifs is 1. The third kappa shape index (κ3) is 3.94. The molecule has 0 saturated carbocycles. The Morgan fingerprint density at radius 1 is 0.935 bits per heavy atom. The Morgan fingerprint density at radius 3 is 2.32 bits per heavy atom. The fraction of sp³-hybridized carbons (Fsp3) is 0.286. The lowest BCUT2D eigenvalue weighted by atomic mass is 9.99. The van der Waals surface area contributed by atoms with E-state index in [2.05, 4.69) is 0 Å². The first-order chi connectivity index (χ1) is 14.8. The SMILES string of the molecule is O=c1cc(-c2ccc(O)cc2)oc2cc(O[C@@H]3O[C@@H](CO)[C@H](O)[C@@H](O)[C@@H]3O)cc(O)c12. The van der Waals surface area contributed by atoms with Crippen LogP contribution in [0.25, 0.3) is 22.3 Å². The number of hydrogen-bond acceptors (Lipinski definition) is 10. The maximum absolute atomic E-state index is 12.5. The monoisotopic (exact) mass is 432 g/mol. The van der Waals surface area contributed by atoms with Crippen molar-refractivity contribution in [3.8, 4) is 28.6 Å². The molecule has 1 fully saturated rings. The Balaban J connectivity index is 1.71. The second-order valence-electron chi connectivity index (χ2n) is 7.15. The van der Waals surface area contributed by atoms with Gasteiger partial charge in [-0.2, -0.15) is 0 Å². The molecule has 1 aromatic heterocycles. The van der Waals surface area contributed by atoms with E-state index in [-0.39, 0.29) is 28.2 Å². The molecule has 0 bridgehead atoms. The van der Waals surface area contributed by atoms with E-state index in [1.54, 1.807) is 12.1 Å². The number of aliphatic hydroxyl groups is 4. The first kappa shape index (κ1) is 21.1. The average molecular weight is 432 g/mol. The van der Waals surface area contributed by atoms with E-state index in [4.69, 9.17) is 13.9 Å². The van der Waals surface area contributed by atoms with Crippen molar-refractivity contribution >= 4 is 11.0 Å². The van der Waals surface area contributed by atoms with Crippen LogP contribution in [0.15, 0.2) is 51.7 Å². The van der Waals surface area contributed by atoms with Gasteiger partial charge in [-0.05, 0) is 24.3 Å². The number of phenols is 2. The molecule has 0 amide bonds. The second kappa shape index (κ2) is 8.17. The van der Waals surface area contributed by atoms with Gasteiger partial charge in [0.1, 0.15) is 58.4 Å². The maximum atomic E-state index is 12.5. The molecule has 0 spiro atoms. The van der Waals surface area contributed by atoms with E-state index in [1.165, 1.54) is 24.3 Å². The molecule has 164 valence electrons. The van der Waals surface area contributed by atoms with Crippen molar-refractivity contribution < 1.29 is 44.5 Å². The van der Waals surface area contributed by atoms with E-state index < -0.39 is 48.5 Å². The second-order valence-corrected chi connectivity index (χ2v) is 7.15. The summed E-state index contributed by atoms with van der Waals surface area (Å²) in [6, 6.07) is 9.56. The lowest BCUT2D eigenvalue weighted by molar-refractivity contribution is -0.277. The molecule has 4 rings (SSSR count). The van der Waals surface area contributed by atoms with Gasteiger partial charge in [0.15, 0.2) is 5.43 Å². The zero-order valence-corrected chi connectivity index (χ0v) is 16.0. The van der Waals surface area contributed by atoms with E-state index in [9.17, 15) is 35.4 Å². The molecule has 2 aromatic carbocycles. The van der Waals surface area contributed by atoms with Crippen LogP contribution in [0.4, 0.5) is 0 Å². The molecule has 10 nitrogen and oxygen atoms in total. The molecule has 1 saturated heterocycles. The molecule has 1 aliphatic heterocycles. The Kier molecular flexibility index (Phi) is 5.56. The van der Waals surface area contributed by atoms with Crippen molar-refractivity contribution in [3.63, 3.8) is 0 Å². The highest BCUT2D eigenvalue weighted by Gasteiger charge is 2.44. The minimum Gasteiger partial charge on any atom is -0.508 e. The predicted octanol–water partition coefficient (Wildman–Crippen LogP) is 0.0499. The summed E-state index contributed by atoms with van der Waals surface area (Å²) in [6.45, 7) is -0.626. The van der Waals surface area contributed by atoms with Crippen LogP contribution in [-0.4, -0.2) is 68.0 Å². The van der Waals surface area contributed by atoms with Crippen LogP contribution < -0.4 is 10.2 Å². The number of phenolic OH excluding ortho intramolecular Hbond substituents is 2. The quantitative estimate of drug-likeness (QED) is 0.331. The van der Waals surface area contributed by atoms with Crippen LogP contribution in [0.3, 0.4) is 0 Å². The first-order valence-electron chi connectivity index (χ1n) is 9.36. The minimum atomic E-state index is -1.65. The van der Waals surface area contributed by atoms with Crippen LogP contribution in [0.5, 0.6) is 17.2 Å². The summed E-state index contributed by atoms with van der Waals surface area (Å²) >= 11 is 0. The molecule has 2 heterocycles. The molecular weight excluding hydrogens is 412 g/mol. The first-order valence-corrected chi connectivity index (χ1v) is 9.36. The summed E-state index contributed by atoms with van der Waals surface area (Å²) in [6.07, 6.45) is -7.47. The normalized spacial score (nSPS) is 26.1. The van der Waals surface area contributed by atoms with Crippen LogP contribution >= 0.6 is 0 Å². The lowest BCUT2D eigenvalue weighted by Gasteiger charge is -2.39. The lowest BCUT2D eigenvalue weighted by Crippen LogP contribution is -2.60. The third-order valence-electron chi connectivity index (χ3n) is 5.04. The van der Waals surface area contributed by atoms with Gasteiger partial charge in [-0.1, -0.05) is 0 Å². The number of benzene rings is 2. The Bertz CT molecular complexity index is 1140. The highest BCUT2D eigenvalue weighted by Crippen LogP contribution is 2.33. The molecule has 0 radical (unpaired) electrons. The fourth-order valence-electron chi connectivity index (χ4n) is 3.38. The van der Waals surface area contributed by atoms with Crippen molar-refractivity contribution in [2.45, 2.75) is 30.7 Å². The van der Waals surface area contributed by atoms with E-state index in [0.29, 0.717) is 5.56 Å². The van der Waals surface area contributed by atoms with Crippen LogP contribution in [0.2, 0.25) is 0 Å². The predicted molar refractivity (Wildman–Crippen MR) is 106 cm³/mol. The van der Waals surface area contributed by atoms with Crippen molar-refractivity contribution in [1.82, 2.24) is 0 Å². The van der Waals surface area contributed by atoms with Gasteiger partial charge in [0.2, 0.25) is 6.29 Å². The third-order valence-corrected chi connectivity index (χ3v) is 5.04. The molecular formula is C21H20O10. The van der Waals surface area contributed by atoms with E-state index in [1.807, 2.05) is 0 Å². The highest BCUT2D eigenvalue weighted by atomic mass is 16.7. The van der Waals surface area contributed by atoms with Gasteiger partial charge < -0.3 is 44.5 Å². The number of rotatable bonds is 4. The molecule has 10 heteroatoms. The Labute approximate surface area is 174 Å². The minimum absolute atomic E-state index is 0.0184. The van der Waals surface area contributed by atoms with E-state index in [0.717, 1.165) is 6.07 Å². The molecule has 5 atom stereocenters. The molecule has 0 unspecified atom stereocenters. The van der Waals surface area contributed by atoms with Gasteiger partial charge >= 0.3 is 0 Å². The van der Waals surface area contributed by atoms with Gasteiger partial charge in [0, 0.05) is 23.8 Å².